The van der Waals surface area contributed by atoms with Crippen LogP contribution in [0, 0.1) is 0 Å². The van der Waals surface area contributed by atoms with Crippen LogP contribution in [-0.4, -0.2) is 0 Å². The summed E-state index contributed by atoms with van der Waals surface area (Å²) in [5.74, 6) is 0. The summed E-state index contributed by atoms with van der Waals surface area (Å²) in [5, 5.41) is 5.09. The summed E-state index contributed by atoms with van der Waals surface area (Å²) in [6.07, 6.45) is 5.99. The Morgan fingerprint density at radius 2 is 1.43 bits per heavy atom. The molecule has 23 heavy (non-hydrogen) atoms. The van der Waals surface area contributed by atoms with Crippen molar-refractivity contribution in [3.63, 3.8) is 0 Å². The van der Waals surface area contributed by atoms with E-state index in [1.165, 1.54) is 26.8 Å². The van der Waals surface area contributed by atoms with Crippen molar-refractivity contribution >= 4 is 47.7 Å². The predicted octanol–water partition coefficient (Wildman–Crippen LogP) is 4.09. The smallest absolute Gasteiger partial charge is 0 e. The maximum atomic E-state index is 3.66. The van der Waals surface area contributed by atoms with E-state index in [-0.39, 0.29) is 56.1 Å². The molecule has 3 aromatic rings. The van der Waals surface area contributed by atoms with Crippen LogP contribution in [0.3, 0.4) is 0 Å². The topological polar surface area (TPSA) is 0 Å². The minimum absolute atomic E-state index is 0. The number of fused-ring (bicyclic) bond motifs is 2. The zero-order valence-corrected chi connectivity index (χ0v) is 18.0. The molecule has 116 valence electrons. The van der Waals surface area contributed by atoms with E-state index >= 15 is 0 Å². The van der Waals surface area contributed by atoms with Gasteiger partial charge in [-0.05, 0) is 21.8 Å². The monoisotopic (exact) mass is 507 g/mol. The molecule has 0 saturated heterocycles. The molecule has 0 N–H and O–H groups in total. The molecule has 1 aliphatic carbocycles. The van der Waals surface area contributed by atoms with Crippen molar-refractivity contribution in [1.82, 2.24) is 0 Å². The van der Waals surface area contributed by atoms with Gasteiger partial charge in [-0.1, -0.05) is 55.5 Å². The number of rotatable bonds is 1. The van der Waals surface area contributed by atoms with Gasteiger partial charge in [-0.3, -0.25) is 0 Å². The van der Waals surface area contributed by atoms with Gasteiger partial charge in [0.1, 0.15) is 0 Å². The van der Waals surface area contributed by atoms with Gasteiger partial charge < -0.3 is 0 Å². The zero-order valence-electron chi connectivity index (χ0n) is 12.7. The maximum Gasteiger partial charge on any atom is 0 e. The molecule has 0 radical (unpaired) electrons. The Hall–Kier alpha value is -0.890. The zero-order chi connectivity index (χ0) is 13.6. The van der Waals surface area contributed by atoms with Crippen LogP contribution in [0.25, 0.3) is 22.9 Å². The molecule has 1 unspecified atom stereocenters. The van der Waals surface area contributed by atoms with Gasteiger partial charge in [0.05, 0.1) is 0 Å². The van der Waals surface area contributed by atoms with E-state index < -0.39 is 0 Å². The van der Waals surface area contributed by atoms with Gasteiger partial charge in [-0.25, -0.2) is 0 Å². The van der Waals surface area contributed by atoms with Crippen molar-refractivity contribution in [2.45, 2.75) is 12.3 Å². The van der Waals surface area contributed by atoms with Gasteiger partial charge in [0, 0.05) is 25.8 Å². The SMILES string of the molecule is CC1(c2cccc3ccccc23)[C-]=c2ccccc2=C1.Cl.Cl.[Hf]. The summed E-state index contributed by atoms with van der Waals surface area (Å²) in [7, 11) is 0. The minimum Gasteiger partial charge on any atom is -0.189 e. The Bertz CT molecular complexity index is 891. The first kappa shape index (κ1) is 20.2. The van der Waals surface area contributed by atoms with E-state index in [1.54, 1.807) is 0 Å². The van der Waals surface area contributed by atoms with Crippen molar-refractivity contribution in [1.29, 1.82) is 0 Å². The number of hydrogen-bond acceptors (Lipinski definition) is 0. The standard InChI is InChI=1S/C20H15.2ClH.Hf/c1-20(13-16-8-2-3-9-17(16)14-20)19-12-6-10-15-7-4-5-11-18(15)19;;;/h2-13H,1H3;2*1H;/q-1;;;. The molecule has 0 bridgehead atoms. The summed E-state index contributed by atoms with van der Waals surface area (Å²) >= 11 is 0. The van der Waals surface area contributed by atoms with Crippen LogP contribution in [-0.2, 0) is 31.3 Å². The molecule has 0 nitrogen and oxygen atoms in total. The van der Waals surface area contributed by atoms with Gasteiger partial charge in [-0.15, -0.1) is 48.2 Å². The second-order valence-electron chi connectivity index (χ2n) is 5.59. The molecule has 0 aromatic heterocycles. The first-order valence-electron chi connectivity index (χ1n) is 6.98. The van der Waals surface area contributed by atoms with Crippen molar-refractivity contribution in [2.24, 2.45) is 0 Å². The number of benzene rings is 3. The Labute approximate surface area is 167 Å². The second kappa shape index (κ2) is 7.79. The van der Waals surface area contributed by atoms with Gasteiger partial charge >= 0.3 is 0 Å². The number of halogens is 2. The van der Waals surface area contributed by atoms with Gasteiger partial charge in [0.25, 0.3) is 0 Å². The van der Waals surface area contributed by atoms with Crippen LogP contribution in [0.1, 0.15) is 12.5 Å². The molecule has 1 atom stereocenters. The first-order chi connectivity index (χ1) is 9.76. The molecule has 0 amide bonds. The molecule has 0 spiro atoms. The Balaban J connectivity index is 0.000000882. The van der Waals surface area contributed by atoms with Crippen LogP contribution in [0.5, 0.6) is 0 Å². The van der Waals surface area contributed by atoms with Crippen molar-refractivity contribution in [3.8, 4) is 0 Å². The second-order valence-corrected chi connectivity index (χ2v) is 5.59. The fraction of sp³-hybridized carbons (Fsp3) is 0.100. The summed E-state index contributed by atoms with van der Waals surface area (Å²) in [6, 6.07) is 23.6. The van der Waals surface area contributed by atoms with E-state index in [9.17, 15) is 0 Å². The third kappa shape index (κ3) is 3.47. The fourth-order valence-electron chi connectivity index (χ4n) is 3.19. The molecule has 3 aromatic carbocycles. The normalized spacial score (nSPS) is 17.6. The molecule has 3 heteroatoms. The predicted molar refractivity (Wildman–Crippen MR) is 99.4 cm³/mol. The molecular weight excluding hydrogens is 490 g/mol. The summed E-state index contributed by atoms with van der Waals surface area (Å²) in [5.41, 5.74) is 1.18. The molecule has 0 saturated carbocycles. The minimum atomic E-state index is -0.148. The largest absolute Gasteiger partial charge is 0.189 e. The first-order valence-corrected chi connectivity index (χ1v) is 6.98. The average Bonchev–Trinajstić information content (AvgIpc) is 2.84. The van der Waals surface area contributed by atoms with E-state index in [2.05, 4.69) is 85.8 Å². The van der Waals surface area contributed by atoms with Crippen LogP contribution in [0.2, 0.25) is 0 Å². The Morgan fingerprint density at radius 1 is 0.783 bits per heavy atom. The summed E-state index contributed by atoms with van der Waals surface area (Å²) < 4.78 is 0. The van der Waals surface area contributed by atoms with Gasteiger partial charge in [-0.2, -0.15) is 17.4 Å². The molecule has 4 rings (SSSR count). The van der Waals surface area contributed by atoms with Crippen LogP contribution in [0.4, 0.5) is 0 Å². The van der Waals surface area contributed by atoms with Crippen molar-refractivity contribution in [3.05, 3.63) is 82.7 Å². The third-order valence-corrected chi connectivity index (χ3v) is 4.15. The summed E-state index contributed by atoms with van der Waals surface area (Å²) in [6.45, 7) is 2.24. The van der Waals surface area contributed by atoms with E-state index in [0.717, 1.165) is 0 Å². The van der Waals surface area contributed by atoms with E-state index in [4.69, 9.17) is 0 Å². The van der Waals surface area contributed by atoms with Crippen molar-refractivity contribution in [2.75, 3.05) is 0 Å². The van der Waals surface area contributed by atoms with E-state index in [0.29, 0.717) is 0 Å². The molecular formula is C20H17Cl2Hf-. The molecule has 1 aliphatic rings. The Kier molecular flexibility index (Phi) is 6.82. The average molecular weight is 507 g/mol. The van der Waals surface area contributed by atoms with Crippen LogP contribution >= 0.6 is 24.8 Å². The van der Waals surface area contributed by atoms with Crippen LogP contribution < -0.4 is 10.4 Å². The quantitative estimate of drug-likeness (QED) is 0.345. The maximum absolute atomic E-state index is 3.66. The number of hydrogen-bond donors (Lipinski definition) is 0. The molecule has 0 fully saturated rings. The third-order valence-electron chi connectivity index (χ3n) is 4.15. The van der Waals surface area contributed by atoms with Crippen molar-refractivity contribution < 1.29 is 25.8 Å². The van der Waals surface area contributed by atoms with E-state index in [1.807, 2.05) is 0 Å². The van der Waals surface area contributed by atoms with Gasteiger partial charge in [0.15, 0.2) is 0 Å². The molecule has 0 aliphatic heterocycles. The summed E-state index contributed by atoms with van der Waals surface area (Å²) in [4.78, 5) is 0. The molecule has 0 heterocycles. The fourth-order valence-corrected chi connectivity index (χ4v) is 3.19. The van der Waals surface area contributed by atoms with Gasteiger partial charge in [0.2, 0.25) is 0 Å². The Morgan fingerprint density at radius 3 is 2.22 bits per heavy atom. The van der Waals surface area contributed by atoms with Crippen LogP contribution in [0.15, 0.2) is 66.7 Å².